The van der Waals surface area contributed by atoms with E-state index in [1.165, 1.54) is 18.1 Å². The Balaban J connectivity index is 0.000000250. The van der Waals surface area contributed by atoms with Crippen LogP contribution >= 0.6 is 0 Å². The Labute approximate surface area is 493 Å². The summed E-state index contributed by atoms with van der Waals surface area (Å²) in [5.74, 6) is 6.81. The Morgan fingerprint density at radius 3 is 0.488 bits per heavy atom. The molecule has 84 heavy (non-hydrogen) atoms. The first-order chi connectivity index (χ1) is 39.1. The molecule has 10 nitrogen and oxygen atoms in total. The van der Waals surface area contributed by atoms with Gasteiger partial charge in [-0.1, -0.05) is 99.6 Å². The minimum atomic E-state index is -0.140. The number of hydrogen-bond donors (Lipinski definition) is 0. The van der Waals surface area contributed by atoms with Gasteiger partial charge in [0.15, 0.2) is 28.9 Å². The number of ketones is 5. The molecule has 10 rings (SSSR count). The number of ether oxygens (including phenoxy) is 5. The maximum Gasteiger partial charge on any atom is 0.193 e. The van der Waals surface area contributed by atoms with Crippen molar-refractivity contribution in [1.29, 1.82) is 0 Å². The molecule has 0 aliphatic heterocycles. The number of carbonyl (C=O) groups excluding carboxylic acids is 5. The van der Waals surface area contributed by atoms with Crippen molar-refractivity contribution in [3.63, 3.8) is 0 Å². The standard InChI is InChI=1S/C35H26O5.C21H18O3.C15H14O2.3CH4/c1-23-3-15-30(16-4-23)39-31-17-11-28(12-18-31)35(38)29-13-21-33(22-14-29)40-32-19-9-27(10-20-32)34(37)26-7-5-25(6-8-26)24(2)36;1-15-3-7-18(8-4-15)23-20-11-13-21(14-12-20)24-19-9-5-17(6-10-19)16(2)22;1-11-3-7-14(8-4-11)17-15-9-5-13(6-10-15)12(2)16;;;/h3-22H,1-2H3;3-14H,1-2H3;3-10H,1-2H3;3*1H4. The summed E-state index contributed by atoms with van der Waals surface area (Å²) in [6, 6.07) is 72.6. The first-order valence-electron chi connectivity index (χ1n) is 26.0. The molecule has 0 atom stereocenters. The van der Waals surface area contributed by atoms with Crippen molar-refractivity contribution in [3.05, 3.63) is 298 Å². The van der Waals surface area contributed by atoms with E-state index in [0.717, 1.165) is 34.3 Å². The first-order valence-corrected chi connectivity index (χ1v) is 26.0. The maximum absolute atomic E-state index is 13.0. The van der Waals surface area contributed by atoms with E-state index in [2.05, 4.69) is 0 Å². The molecule has 0 unspecified atom stereocenters. The van der Waals surface area contributed by atoms with Crippen molar-refractivity contribution < 1.29 is 47.7 Å². The van der Waals surface area contributed by atoms with E-state index in [9.17, 15) is 24.0 Å². The summed E-state index contributed by atoms with van der Waals surface area (Å²) in [6.07, 6.45) is 0. The average molecular weight is 1120 g/mol. The third kappa shape index (κ3) is 18.8. The molecule has 0 N–H and O–H groups in total. The van der Waals surface area contributed by atoms with Crippen LogP contribution in [0.4, 0.5) is 0 Å². The van der Waals surface area contributed by atoms with Gasteiger partial charge in [0.25, 0.3) is 0 Å². The van der Waals surface area contributed by atoms with Gasteiger partial charge in [-0.15, -0.1) is 0 Å². The Hall–Kier alpha value is -10.5. The quantitative estimate of drug-likeness (QED) is 0.0812. The van der Waals surface area contributed by atoms with Crippen LogP contribution in [0.5, 0.6) is 57.5 Å². The monoisotopic (exact) mass is 1120 g/mol. The van der Waals surface area contributed by atoms with E-state index < -0.39 is 0 Å². The molecule has 0 aliphatic carbocycles. The van der Waals surface area contributed by atoms with Gasteiger partial charge >= 0.3 is 0 Å². The zero-order valence-corrected chi connectivity index (χ0v) is 45.7. The molecule has 426 valence electrons. The van der Waals surface area contributed by atoms with Gasteiger partial charge in [-0.2, -0.15) is 0 Å². The lowest BCUT2D eigenvalue weighted by atomic mass is 10.0. The van der Waals surface area contributed by atoms with Gasteiger partial charge in [-0.3, -0.25) is 24.0 Å². The summed E-state index contributed by atoms with van der Waals surface area (Å²) in [6.45, 7) is 10.7. The molecule has 0 aliphatic rings. The highest BCUT2D eigenvalue weighted by atomic mass is 16.5. The molecule has 0 bridgehead atoms. The van der Waals surface area contributed by atoms with Crippen LogP contribution in [-0.4, -0.2) is 28.9 Å². The molecule has 10 aromatic carbocycles. The largest absolute Gasteiger partial charge is 0.457 e. The van der Waals surface area contributed by atoms with E-state index in [4.69, 9.17) is 23.7 Å². The normalized spacial score (nSPS) is 9.98. The minimum Gasteiger partial charge on any atom is -0.457 e. The fourth-order valence-electron chi connectivity index (χ4n) is 7.80. The van der Waals surface area contributed by atoms with Gasteiger partial charge in [-0.05, 0) is 224 Å². The van der Waals surface area contributed by atoms with Crippen molar-refractivity contribution in [2.45, 2.75) is 63.8 Å². The van der Waals surface area contributed by atoms with Crippen molar-refractivity contribution in [2.24, 2.45) is 0 Å². The maximum atomic E-state index is 13.0. The molecular formula is C74H70O10. The summed E-state index contributed by atoms with van der Waals surface area (Å²) < 4.78 is 29.0. The van der Waals surface area contributed by atoms with Gasteiger partial charge in [0.2, 0.25) is 0 Å². The van der Waals surface area contributed by atoms with E-state index >= 15 is 0 Å². The molecule has 0 amide bonds. The highest BCUT2D eigenvalue weighted by Gasteiger charge is 2.13. The van der Waals surface area contributed by atoms with Crippen LogP contribution < -0.4 is 23.7 Å². The van der Waals surface area contributed by atoms with Crippen molar-refractivity contribution in [2.75, 3.05) is 0 Å². The summed E-state index contributed by atoms with van der Waals surface area (Å²) in [5, 5.41) is 0. The number of aryl methyl sites for hydroxylation is 3. The average Bonchev–Trinajstić information content (AvgIpc) is 3.55. The lowest BCUT2D eigenvalue weighted by Crippen LogP contribution is -2.02. The molecule has 0 spiro atoms. The lowest BCUT2D eigenvalue weighted by molar-refractivity contribution is 0.100. The van der Waals surface area contributed by atoms with Crippen LogP contribution in [0.1, 0.15) is 123 Å². The molecular weight excluding hydrogens is 1050 g/mol. The highest BCUT2D eigenvalue weighted by molar-refractivity contribution is 6.10. The number of hydrogen-bond acceptors (Lipinski definition) is 10. The third-order valence-corrected chi connectivity index (χ3v) is 12.5. The van der Waals surface area contributed by atoms with E-state index in [1.807, 2.05) is 118 Å². The zero-order chi connectivity index (χ0) is 57.3. The van der Waals surface area contributed by atoms with Crippen molar-refractivity contribution in [1.82, 2.24) is 0 Å². The van der Waals surface area contributed by atoms with Gasteiger partial charge in [-0.25, -0.2) is 0 Å². The fourth-order valence-corrected chi connectivity index (χ4v) is 7.80. The topological polar surface area (TPSA) is 132 Å². The first kappa shape index (κ1) is 64.4. The predicted molar refractivity (Wildman–Crippen MR) is 336 cm³/mol. The number of benzene rings is 10. The highest BCUT2D eigenvalue weighted by Crippen LogP contribution is 2.29. The molecule has 10 heteroatoms. The Morgan fingerprint density at radius 1 is 0.202 bits per heavy atom. The summed E-state index contributed by atoms with van der Waals surface area (Å²) in [5.41, 5.74) is 7.60. The zero-order valence-electron chi connectivity index (χ0n) is 45.7. The van der Waals surface area contributed by atoms with E-state index in [0.29, 0.717) is 67.7 Å². The van der Waals surface area contributed by atoms with Gasteiger partial charge in [0, 0.05) is 38.9 Å². The van der Waals surface area contributed by atoms with E-state index in [1.54, 1.807) is 159 Å². The van der Waals surface area contributed by atoms with Crippen molar-refractivity contribution >= 4 is 28.9 Å². The van der Waals surface area contributed by atoms with Gasteiger partial charge in [0.1, 0.15) is 57.5 Å². The number of Topliss-reactive ketones (excluding diaryl/α,β-unsaturated/α-hetero) is 3. The molecule has 0 radical (unpaired) electrons. The van der Waals surface area contributed by atoms with Crippen LogP contribution in [0.25, 0.3) is 0 Å². The second-order valence-electron chi connectivity index (χ2n) is 18.9. The predicted octanol–water partition coefficient (Wildman–Crippen LogP) is 19.9. The van der Waals surface area contributed by atoms with Crippen molar-refractivity contribution in [3.8, 4) is 57.5 Å². The van der Waals surface area contributed by atoms with Crippen LogP contribution in [0.2, 0.25) is 0 Å². The minimum absolute atomic E-state index is 0. The summed E-state index contributed by atoms with van der Waals surface area (Å²) >= 11 is 0. The number of carbonyl (C=O) groups is 5. The van der Waals surface area contributed by atoms with Crippen LogP contribution in [0, 0.1) is 20.8 Å². The Bertz CT molecular complexity index is 3720. The van der Waals surface area contributed by atoms with Crippen LogP contribution in [0.15, 0.2) is 243 Å². The molecule has 0 saturated carbocycles. The number of rotatable bonds is 17. The lowest BCUT2D eigenvalue weighted by Gasteiger charge is -2.09. The molecule has 0 fully saturated rings. The fraction of sp³-hybridized carbons (Fsp3) is 0.122. The van der Waals surface area contributed by atoms with Crippen LogP contribution in [0.3, 0.4) is 0 Å². The van der Waals surface area contributed by atoms with Gasteiger partial charge < -0.3 is 23.7 Å². The second kappa shape index (κ2) is 30.9. The van der Waals surface area contributed by atoms with Crippen LogP contribution in [-0.2, 0) is 0 Å². The molecule has 0 saturated heterocycles. The second-order valence-corrected chi connectivity index (χ2v) is 18.9. The Morgan fingerprint density at radius 2 is 0.321 bits per heavy atom. The van der Waals surface area contributed by atoms with Gasteiger partial charge in [0.05, 0.1) is 0 Å². The Kier molecular flexibility index (Phi) is 23.7. The SMILES string of the molecule is C.C.C.CC(=O)c1ccc(C(=O)c2ccc(Oc3ccc(C(=O)c4ccc(Oc5ccc(C)cc5)cc4)cc3)cc2)cc1.CC(=O)c1ccc(Oc2ccc(C)cc2)cc1.CC(=O)c1ccc(Oc2ccc(Oc3ccc(C)cc3)cc2)cc1. The smallest absolute Gasteiger partial charge is 0.193 e. The summed E-state index contributed by atoms with van der Waals surface area (Å²) in [7, 11) is 0. The molecule has 0 aromatic heterocycles. The molecule has 0 heterocycles. The third-order valence-electron chi connectivity index (χ3n) is 12.5. The van der Waals surface area contributed by atoms with E-state index in [-0.39, 0.29) is 51.2 Å². The summed E-state index contributed by atoms with van der Waals surface area (Å²) in [4.78, 5) is 59.6. The molecule has 10 aromatic rings.